The molecule has 0 radical (unpaired) electrons. The number of amides is 1. The van der Waals surface area contributed by atoms with E-state index in [1.807, 2.05) is 0 Å². The summed E-state index contributed by atoms with van der Waals surface area (Å²) in [6.07, 6.45) is 0. The van der Waals surface area contributed by atoms with E-state index in [2.05, 4.69) is 0 Å². The lowest BCUT2D eigenvalue weighted by Gasteiger charge is -2.05. The van der Waals surface area contributed by atoms with Gasteiger partial charge in [0, 0.05) is 0 Å². The monoisotopic (exact) mass is 221 g/mol. The second-order valence-electron chi connectivity index (χ2n) is 2.80. The molecule has 0 aromatic heterocycles. The first-order chi connectivity index (χ1) is 7.51. The molecule has 0 atom stereocenters. The average Bonchev–Trinajstić information content (AvgIpc) is 2.26. The lowest BCUT2D eigenvalue weighted by molar-refractivity contribution is -0.385. The Morgan fingerprint density at radius 3 is 2.62 bits per heavy atom. The summed E-state index contributed by atoms with van der Waals surface area (Å²) >= 11 is 0. The SMILES string of the molecule is COc1cc([N+](=O)[O-])c(C#N)cc1C(N)=O. The third-order valence-corrected chi connectivity index (χ3v) is 1.90. The van der Waals surface area contributed by atoms with E-state index in [1.54, 1.807) is 6.07 Å². The van der Waals surface area contributed by atoms with Crippen LogP contribution in [0, 0.1) is 21.4 Å². The molecule has 0 bridgehead atoms. The molecule has 0 fully saturated rings. The van der Waals surface area contributed by atoms with Crippen molar-refractivity contribution in [3.05, 3.63) is 33.4 Å². The van der Waals surface area contributed by atoms with Crippen molar-refractivity contribution < 1.29 is 14.5 Å². The number of primary amides is 1. The number of hydrogen-bond donors (Lipinski definition) is 1. The maximum atomic E-state index is 11.0. The van der Waals surface area contributed by atoms with E-state index in [9.17, 15) is 14.9 Å². The van der Waals surface area contributed by atoms with Gasteiger partial charge in [0.1, 0.15) is 17.4 Å². The molecule has 0 unspecified atom stereocenters. The minimum atomic E-state index is -0.816. The summed E-state index contributed by atoms with van der Waals surface area (Å²) in [6.45, 7) is 0. The first kappa shape index (κ1) is 11.5. The number of carbonyl (C=O) groups is 1. The number of nitro groups is 1. The van der Waals surface area contributed by atoms with Gasteiger partial charge in [-0.1, -0.05) is 0 Å². The fourth-order valence-electron chi connectivity index (χ4n) is 1.17. The van der Waals surface area contributed by atoms with Crippen LogP contribution in [0.25, 0.3) is 0 Å². The first-order valence-electron chi connectivity index (χ1n) is 4.07. The third kappa shape index (κ3) is 1.90. The van der Waals surface area contributed by atoms with Gasteiger partial charge in [-0.2, -0.15) is 5.26 Å². The van der Waals surface area contributed by atoms with Crippen LogP contribution in [0.15, 0.2) is 12.1 Å². The Balaban J connectivity index is 3.54. The van der Waals surface area contributed by atoms with E-state index < -0.39 is 16.5 Å². The maximum absolute atomic E-state index is 11.0. The van der Waals surface area contributed by atoms with Crippen molar-refractivity contribution in [1.82, 2.24) is 0 Å². The second kappa shape index (κ2) is 4.27. The number of methoxy groups -OCH3 is 1. The summed E-state index contributed by atoms with van der Waals surface area (Å²) < 4.78 is 4.78. The number of carbonyl (C=O) groups excluding carboxylic acids is 1. The number of benzene rings is 1. The van der Waals surface area contributed by atoms with Crippen LogP contribution >= 0.6 is 0 Å². The minimum Gasteiger partial charge on any atom is -0.496 e. The lowest BCUT2D eigenvalue weighted by Crippen LogP contribution is -2.13. The van der Waals surface area contributed by atoms with Gasteiger partial charge in [0.25, 0.3) is 11.6 Å². The smallest absolute Gasteiger partial charge is 0.290 e. The summed E-state index contributed by atoms with van der Waals surface area (Å²) in [6, 6.07) is 3.66. The van der Waals surface area contributed by atoms with Gasteiger partial charge in [-0.3, -0.25) is 14.9 Å². The number of hydrogen-bond acceptors (Lipinski definition) is 5. The van der Waals surface area contributed by atoms with Crippen LogP contribution in [-0.4, -0.2) is 17.9 Å². The number of nitrogens with zero attached hydrogens (tertiary/aromatic N) is 2. The average molecular weight is 221 g/mol. The van der Waals surface area contributed by atoms with Gasteiger partial charge in [0.15, 0.2) is 0 Å². The molecule has 0 aliphatic carbocycles. The van der Waals surface area contributed by atoms with Gasteiger partial charge < -0.3 is 10.5 Å². The molecule has 0 saturated heterocycles. The van der Waals surface area contributed by atoms with E-state index in [1.165, 1.54) is 7.11 Å². The zero-order chi connectivity index (χ0) is 12.3. The number of nitriles is 1. The summed E-state index contributed by atoms with van der Waals surface area (Å²) in [5.74, 6) is -0.846. The van der Waals surface area contributed by atoms with Gasteiger partial charge in [-0.15, -0.1) is 0 Å². The Hall–Kier alpha value is -2.62. The summed E-state index contributed by atoms with van der Waals surface area (Å²) in [5.41, 5.74) is 4.31. The van der Waals surface area contributed by atoms with Crippen LogP contribution in [0.4, 0.5) is 5.69 Å². The van der Waals surface area contributed by atoms with Crippen molar-refractivity contribution in [1.29, 1.82) is 5.26 Å². The molecule has 1 aromatic rings. The molecule has 7 nitrogen and oxygen atoms in total. The molecule has 82 valence electrons. The highest BCUT2D eigenvalue weighted by Crippen LogP contribution is 2.28. The van der Waals surface area contributed by atoms with Crippen LogP contribution in [0.5, 0.6) is 5.75 Å². The molecule has 1 aromatic carbocycles. The molecular weight excluding hydrogens is 214 g/mol. The van der Waals surface area contributed by atoms with Gasteiger partial charge >= 0.3 is 0 Å². The maximum Gasteiger partial charge on any atom is 0.290 e. The molecule has 7 heteroatoms. The van der Waals surface area contributed by atoms with Crippen LogP contribution in [-0.2, 0) is 0 Å². The third-order valence-electron chi connectivity index (χ3n) is 1.90. The minimum absolute atomic E-state index is 0.0294. The van der Waals surface area contributed by atoms with Crippen LogP contribution in [0.1, 0.15) is 15.9 Å². The largest absolute Gasteiger partial charge is 0.496 e. The summed E-state index contributed by atoms with van der Waals surface area (Å²) in [5, 5.41) is 19.3. The molecule has 16 heavy (non-hydrogen) atoms. The normalized spacial score (nSPS) is 9.25. The summed E-state index contributed by atoms with van der Waals surface area (Å²) in [4.78, 5) is 20.9. The fourth-order valence-corrected chi connectivity index (χ4v) is 1.17. The highest BCUT2D eigenvalue weighted by Gasteiger charge is 2.20. The van der Waals surface area contributed by atoms with Gasteiger partial charge in [-0.05, 0) is 6.07 Å². The Labute approximate surface area is 90.2 Å². The molecule has 0 aliphatic rings. The number of ether oxygens (including phenoxy) is 1. The van der Waals surface area contributed by atoms with E-state index in [0.29, 0.717) is 0 Å². The molecule has 0 heterocycles. The van der Waals surface area contributed by atoms with Crippen molar-refractivity contribution >= 4 is 11.6 Å². The van der Waals surface area contributed by atoms with Gasteiger partial charge in [0.05, 0.1) is 23.7 Å². The Morgan fingerprint density at radius 1 is 1.62 bits per heavy atom. The number of rotatable bonds is 3. The predicted octanol–water partition coefficient (Wildman–Crippen LogP) is 0.574. The zero-order valence-electron chi connectivity index (χ0n) is 8.26. The first-order valence-corrected chi connectivity index (χ1v) is 4.07. The predicted molar refractivity (Wildman–Crippen MR) is 52.9 cm³/mol. The Kier molecular flexibility index (Phi) is 3.06. The second-order valence-corrected chi connectivity index (χ2v) is 2.80. The Bertz CT molecular complexity index is 504. The molecule has 0 spiro atoms. The molecule has 1 rings (SSSR count). The number of nitrogens with two attached hydrogens (primary N) is 1. The van der Waals surface area contributed by atoms with Crippen molar-refractivity contribution in [2.75, 3.05) is 7.11 Å². The van der Waals surface area contributed by atoms with E-state index >= 15 is 0 Å². The van der Waals surface area contributed by atoms with E-state index in [4.69, 9.17) is 15.7 Å². The highest BCUT2D eigenvalue weighted by atomic mass is 16.6. The number of nitro benzene ring substituents is 1. The van der Waals surface area contributed by atoms with Crippen molar-refractivity contribution in [2.45, 2.75) is 0 Å². The molecule has 0 saturated carbocycles. The van der Waals surface area contributed by atoms with E-state index in [-0.39, 0.29) is 16.9 Å². The van der Waals surface area contributed by atoms with Crippen LogP contribution in [0.3, 0.4) is 0 Å². The van der Waals surface area contributed by atoms with Gasteiger partial charge in [-0.25, -0.2) is 0 Å². The van der Waals surface area contributed by atoms with Crippen molar-refractivity contribution in [3.8, 4) is 11.8 Å². The zero-order valence-corrected chi connectivity index (χ0v) is 8.26. The topological polar surface area (TPSA) is 119 Å². The Morgan fingerprint density at radius 2 is 2.25 bits per heavy atom. The summed E-state index contributed by atoms with van der Waals surface area (Å²) in [7, 11) is 1.25. The highest BCUT2D eigenvalue weighted by molar-refractivity contribution is 5.96. The molecular formula is C9H7N3O4. The van der Waals surface area contributed by atoms with Crippen molar-refractivity contribution in [2.24, 2.45) is 5.73 Å². The lowest BCUT2D eigenvalue weighted by atomic mass is 10.1. The molecule has 2 N–H and O–H groups in total. The molecule has 0 aliphatic heterocycles. The van der Waals surface area contributed by atoms with Crippen LogP contribution in [0.2, 0.25) is 0 Å². The van der Waals surface area contributed by atoms with E-state index in [0.717, 1.165) is 12.1 Å². The van der Waals surface area contributed by atoms with Crippen molar-refractivity contribution in [3.63, 3.8) is 0 Å². The fraction of sp³-hybridized carbons (Fsp3) is 0.111. The van der Waals surface area contributed by atoms with Gasteiger partial charge in [0.2, 0.25) is 0 Å². The standard InChI is InChI=1S/C9H7N3O4/c1-16-8-3-7(12(14)15)5(4-10)2-6(8)9(11)13/h2-3H,1H3,(H2,11,13). The van der Waals surface area contributed by atoms with Crippen LogP contribution < -0.4 is 10.5 Å². The quantitative estimate of drug-likeness (QED) is 0.591. The molecule has 1 amide bonds.